The molecule has 4 nitrogen and oxygen atoms in total. The van der Waals surface area contributed by atoms with Crippen LogP contribution in [0.4, 0.5) is 9.52 Å². The van der Waals surface area contributed by atoms with Crippen molar-refractivity contribution in [3.63, 3.8) is 0 Å². The maximum Gasteiger partial charge on any atom is 0.223 e. The SMILES string of the molecule is O=C1CC(CF)CN1C1CCN(c2nc3c(s2)CCC3)CC1. The number of nitrogens with zero attached hydrogens (tertiary/aromatic N) is 3. The molecule has 1 unspecified atom stereocenters. The van der Waals surface area contributed by atoms with Crippen LogP contribution in [0.3, 0.4) is 0 Å². The standard InChI is InChI=1S/C16H22FN3OS/c17-9-11-8-15(21)20(10-11)12-4-6-19(7-5-12)16-18-13-2-1-3-14(13)22-16/h11-12H,1-10H2. The number of likely N-dealkylation sites (tertiary alicyclic amines) is 1. The van der Waals surface area contributed by atoms with E-state index in [1.54, 1.807) is 0 Å². The third-order valence-electron chi connectivity index (χ3n) is 5.22. The van der Waals surface area contributed by atoms with E-state index in [0.29, 0.717) is 19.0 Å². The van der Waals surface area contributed by atoms with Crippen molar-refractivity contribution in [2.24, 2.45) is 5.92 Å². The molecule has 1 atom stereocenters. The highest BCUT2D eigenvalue weighted by molar-refractivity contribution is 7.15. The molecule has 2 aliphatic heterocycles. The van der Waals surface area contributed by atoms with Gasteiger partial charge in [-0.2, -0.15) is 0 Å². The summed E-state index contributed by atoms with van der Waals surface area (Å²) >= 11 is 1.85. The minimum Gasteiger partial charge on any atom is -0.348 e. The fourth-order valence-corrected chi connectivity index (χ4v) is 5.15. The van der Waals surface area contributed by atoms with Crippen molar-refractivity contribution >= 4 is 22.4 Å². The summed E-state index contributed by atoms with van der Waals surface area (Å²) in [6.07, 6.45) is 5.94. The highest BCUT2D eigenvalue weighted by Gasteiger charge is 2.36. The van der Waals surface area contributed by atoms with Crippen LogP contribution in [-0.2, 0) is 17.6 Å². The lowest BCUT2D eigenvalue weighted by molar-refractivity contribution is -0.130. The van der Waals surface area contributed by atoms with Gasteiger partial charge in [0, 0.05) is 42.9 Å². The van der Waals surface area contributed by atoms with Gasteiger partial charge < -0.3 is 9.80 Å². The van der Waals surface area contributed by atoms with Crippen molar-refractivity contribution in [1.82, 2.24) is 9.88 Å². The Morgan fingerprint density at radius 2 is 2.09 bits per heavy atom. The van der Waals surface area contributed by atoms with Gasteiger partial charge in [0.15, 0.2) is 5.13 Å². The van der Waals surface area contributed by atoms with E-state index in [-0.39, 0.29) is 18.5 Å². The van der Waals surface area contributed by atoms with Crippen LogP contribution in [0.1, 0.15) is 36.3 Å². The molecular formula is C16H22FN3OS. The summed E-state index contributed by atoms with van der Waals surface area (Å²) in [5, 5.41) is 1.16. The molecular weight excluding hydrogens is 301 g/mol. The average Bonchev–Trinajstić information content (AvgIpc) is 3.21. The van der Waals surface area contributed by atoms with E-state index in [4.69, 9.17) is 4.98 Å². The number of carbonyl (C=O) groups is 1. The number of halogens is 1. The molecule has 0 N–H and O–H groups in total. The number of hydrogen-bond acceptors (Lipinski definition) is 4. The van der Waals surface area contributed by atoms with Gasteiger partial charge in [0.2, 0.25) is 5.91 Å². The Kier molecular flexibility index (Phi) is 3.80. The second kappa shape index (κ2) is 5.80. The molecule has 0 saturated carbocycles. The summed E-state index contributed by atoms with van der Waals surface area (Å²) in [6, 6.07) is 0.298. The molecule has 3 aliphatic rings. The van der Waals surface area contributed by atoms with E-state index in [1.807, 2.05) is 16.2 Å². The molecule has 6 heteroatoms. The topological polar surface area (TPSA) is 36.4 Å². The molecule has 0 spiro atoms. The smallest absolute Gasteiger partial charge is 0.223 e. The Balaban J connectivity index is 1.37. The molecule has 1 aromatic rings. The minimum absolute atomic E-state index is 0.0764. The van der Waals surface area contributed by atoms with Crippen LogP contribution in [0.15, 0.2) is 0 Å². The molecule has 1 aliphatic carbocycles. The lowest BCUT2D eigenvalue weighted by atomic mass is 10.0. The van der Waals surface area contributed by atoms with E-state index in [9.17, 15) is 9.18 Å². The van der Waals surface area contributed by atoms with Crippen LogP contribution >= 0.6 is 11.3 Å². The maximum atomic E-state index is 12.8. The Bertz CT molecular complexity index is 546. The first-order valence-corrected chi connectivity index (χ1v) is 9.15. The molecule has 3 heterocycles. The summed E-state index contributed by atoms with van der Waals surface area (Å²) in [5.74, 6) is 0.0711. The van der Waals surface area contributed by atoms with Gasteiger partial charge in [0.05, 0.1) is 12.4 Å². The third kappa shape index (κ3) is 2.51. The van der Waals surface area contributed by atoms with E-state index < -0.39 is 0 Å². The number of amides is 1. The van der Waals surface area contributed by atoms with Gasteiger partial charge in [0.1, 0.15) is 0 Å². The van der Waals surface area contributed by atoms with Gasteiger partial charge in [0.25, 0.3) is 0 Å². The first kappa shape index (κ1) is 14.4. The molecule has 2 fully saturated rings. The summed E-state index contributed by atoms with van der Waals surface area (Å²) in [5.41, 5.74) is 1.31. The number of hydrogen-bond donors (Lipinski definition) is 0. The summed E-state index contributed by atoms with van der Waals surface area (Å²) < 4.78 is 12.8. The summed E-state index contributed by atoms with van der Waals surface area (Å²) in [6.45, 7) is 2.17. The number of piperidine rings is 1. The fourth-order valence-electron chi connectivity index (χ4n) is 3.95. The van der Waals surface area contributed by atoms with Gasteiger partial charge in [-0.1, -0.05) is 0 Å². The second-order valence-electron chi connectivity index (χ2n) is 6.71. The van der Waals surface area contributed by atoms with Crippen molar-refractivity contribution < 1.29 is 9.18 Å². The van der Waals surface area contributed by atoms with E-state index >= 15 is 0 Å². The molecule has 0 radical (unpaired) electrons. The highest BCUT2D eigenvalue weighted by Crippen LogP contribution is 2.34. The van der Waals surface area contributed by atoms with Crippen molar-refractivity contribution in [3.8, 4) is 0 Å². The number of aromatic nitrogens is 1. The lowest BCUT2D eigenvalue weighted by Gasteiger charge is -2.36. The van der Waals surface area contributed by atoms with Crippen molar-refractivity contribution in [1.29, 1.82) is 0 Å². The largest absolute Gasteiger partial charge is 0.348 e. The summed E-state index contributed by atoms with van der Waals surface area (Å²) in [7, 11) is 0. The molecule has 1 aromatic heterocycles. The Hall–Kier alpha value is -1.17. The number of thiazole rings is 1. The van der Waals surface area contributed by atoms with Crippen LogP contribution in [0.25, 0.3) is 0 Å². The molecule has 22 heavy (non-hydrogen) atoms. The van der Waals surface area contributed by atoms with Gasteiger partial charge in [-0.05, 0) is 32.1 Å². The number of alkyl halides is 1. The minimum atomic E-state index is -0.369. The summed E-state index contributed by atoms with van der Waals surface area (Å²) in [4.78, 5) is 22.6. The zero-order valence-electron chi connectivity index (χ0n) is 12.8. The number of anilines is 1. The first-order valence-electron chi connectivity index (χ1n) is 8.33. The van der Waals surface area contributed by atoms with Crippen LogP contribution in [-0.4, -0.2) is 48.1 Å². The predicted octanol–water partition coefficient (Wildman–Crippen LogP) is 2.42. The zero-order valence-corrected chi connectivity index (χ0v) is 13.6. The van der Waals surface area contributed by atoms with E-state index in [1.165, 1.54) is 23.4 Å². The predicted molar refractivity (Wildman–Crippen MR) is 85.2 cm³/mol. The number of carbonyl (C=O) groups excluding carboxylic acids is 1. The molecule has 1 amide bonds. The van der Waals surface area contributed by atoms with E-state index in [2.05, 4.69) is 4.90 Å². The van der Waals surface area contributed by atoms with Crippen molar-refractivity contribution in [2.75, 3.05) is 31.2 Å². The lowest BCUT2D eigenvalue weighted by Crippen LogP contribution is -2.45. The third-order valence-corrected chi connectivity index (χ3v) is 6.44. The Morgan fingerprint density at radius 1 is 1.27 bits per heavy atom. The van der Waals surface area contributed by atoms with Crippen LogP contribution in [0.5, 0.6) is 0 Å². The number of fused-ring (bicyclic) bond motifs is 1. The molecule has 0 bridgehead atoms. The van der Waals surface area contributed by atoms with Gasteiger partial charge in [-0.15, -0.1) is 11.3 Å². The quantitative estimate of drug-likeness (QED) is 0.857. The normalized spacial score (nSPS) is 26.0. The molecule has 120 valence electrons. The van der Waals surface area contributed by atoms with Gasteiger partial charge >= 0.3 is 0 Å². The molecule has 4 rings (SSSR count). The Morgan fingerprint density at radius 3 is 2.77 bits per heavy atom. The number of aryl methyl sites for hydroxylation is 2. The fraction of sp³-hybridized carbons (Fsp3) is 0.750. The van der Waals surface area contributed by atoms with Crippen LogP contribution in [0, 0.1) is 5.92 Å². The van der Waals surface area contributed by atoms with Crippen molar-refractivity contribution in [2.45, 2.75) is 44.6 Å². The zero-order chi connectivity index (χ0) is 15.1. The van der Waals surface area contributed by atoms with Gasteiger partial charge in [-0.3, -0.25) is 9.18 Å². The monoisotopic (exact) mass is 323 g/mol. The van der Waals surface area contributed by atoms with Crippen LogP contribution in [0.2, 0.25) is 0 Å². The molecule has 0 aromatic carbocycles. The number of rotatable bonds is 3. The van der Waals surface area contributed by atoms with E-state index in [0.717, 1.165) is 37.5 Å². The van der Waals surface area contributed by atoms with Crippen LogP contribution < -0.4 is 4.90 Å². The Labute approximate surface area is 134 Å². The van der Waals surface area contributed by atoms with Gasteiger partial charge in [-0.25, -0.2) is 4.98 Å². The second-order valence-corrected chi connectivity index (χ2v) is 7.77. The average molecular weight is 323 g/mol. The first-order chi connectivity index (χ1) is 10.7. The highest BCUT2D eigenvalue weighted by atomic mass is 32.1. The maximum absolute atomic E-state index is 12.8. The molecule has 2 saturated heterocycles. The van der Waals surface area contributed by atoms with Crippen molar-refractivity contribution in [3.05, 3.63) is 10.6 Å².